The number of carbonyl (C=O) groups excluding carboxylic acids is 2. The van der Waals surface area contributed by atoms with E-state index >= 15 is 0 Å². The topological polar surface area (TPSA) is 86.8 Å². The van der Waals surface area contributed by atoms with Crippen molar-refractivity contribution in [2.75, 3.05) is 10.8 Å². The zero-order chi connectivity index (χ0) is 29.4. The molecule has 4 rings (SSSR count). The summed E-state index contributed by atoms with van der Waals surface area (Å²) in [6.45, 7) is 3.56. The van der Waals surface area contributed by atoms with Crippen LogP contribution in [0.2, 0.25) is 5.02 Å². The Morgan fingerprint density at radius 3 is 2.20 bits per heavy atom. The van der Waals surface area contributed by atoms with Gasteiger partial charge in [-0.05, 0) is 73.7 Å². The van der Waals surface area contributed by atoms with Crippen molar-refractivity contribution in [2.24, 2.45) is 0 Å². The molecule has 1 saturated carbocycles. The maximum atomic E-state index is 14.2. The molecule has 0 unspecified atom stereocenters. The van der Waals surface area contributed by atoms with Gasteiger partial charge < -0.3 is 10.2 Å². The molecule has 0 aliphatic heterocycles. The van der Waals surface area contributed by atoms with Gasteiger partial charge in [0.15, 0.2) is 0 Å². The second-order valence-electron chi connectivity index (χ2n) is 10.5. The minimum absolute atomic E-state index is 0.0195. The molecule has 1 atom stereocenters. The number of hydrogen-bond donors (Lipinski definition) is 1. The van der Waals surface area contributed by atoms with Gasteiger partial charge in [0.1, 0.15) is 12.6 Å². The molecule has 3 aromatic carbocycles. The van der Waals surface area contributed by atoms with E-state index in [0.717, 1.165) is 41.1 Å². The first-order chi connectivity index (χ1) is 19.7. The molecule has 7 nitrogen and oxygen atoms in total. The van der Waals surface area contributed by atoms with Crippen molar-refractivity contribution in [2.45, 2.75) is 75.9 Å². The first-order valence-corrected chi connectivity index (χ1v) is 16.0. The van der Waals surface area contributed by atoms with Crippen LogP contribution in [0.3, 0.4) is 0 Å². The summed E-state index contributed by atoms with van der Waals surface area (Å²) in [6, 6.07) is 21.5. The van der Waals surface area contributed by atoms with Crippen LogP contribution >= 0.6 is 11.6 Å². The molecule has 0 aromatic heterocycles. The van der Waals surface area contributed by atoms with Crippen molar-refractivity contribution >= 4 is 39.1 Å². The van der Waals surface area contributed by atoms with Crippen molar-refractivity contribution in [3.8, 4) is 0 Å². The molecule has 1 N–H and O–H groups in total. The van der Waals surface area contributed by atoms with Crippen molar-refractivity contribution in [3.63, 3.8) is 0 Å². The fourth-order valence-corrected chi connectivity index (χ4v) is 6.83. The molecule has 0 saturated heterocycles. The van der Waals surface area contributed by atoms with Gasteiger partial charge in [-0.1, -0.05) is 80.3 Å². The van der Waals surface area contributed by atoms with Crippen molar-refractivity contribution in [1.29, 1.82) is 0 Å². The number of aryl methyl sites for hydroxylation is 1. The lowest BCUT2D eigenvalue weighted by Crippen LogP contribution is -2.54. The predicted octanol–water partition coefficient (Wildman–Crippen LogP) is 6.10. The van der Waals surface area contributed by atoms with Crippen LogP contribution in [-0.4, -0.2) is 43.8 Å². The fourth-order valence-electron chi connectivity index (χ4n) is 5.29. The highest BCUT2D eigenvalue weighted by molar-refractivity contribution is 7.92. The maximum absolute atomic E-state index is 14.2. The Morgan fingerprint density at radius 1 is 0.927 bits per heavy atom. The number of halogens is 1. The molecule has 0 heterocycles. The molecule has 2 amide bonds. The standard InChI is InChI=1S/C32H38ClN3O4S/c1-3-30(32(38)34-27-14-6-4-7-15-27)35(22-25-13-11-10-12-24(25)2)31(37)23-36(28-16-8-5-9-17-28)41(39,40)29-20-18-26(33)19-21-29/h5,8-13,16-21,27,30H,3-4,6-7,14-15,22-23H2,1-2H3,(H,34,38)/t30-/m1/s1. The summed E-state index contributed by atoms with van der Waals surface area (Å²) in [5, 5.41) is 3.58. The van der Waals surface area contributed by atoms with E-state index in [1.807, 2.05) is 38.1 Å². The number of carbonyl (C=O) groups is 2. The van der Waals surface area contributed by atoms with E-state index in [1.165, 1.54) is 35.6 Å². The summed E-state index contributed by atoms with van der Waals surface area (Å²) >= 11 is 6.02. The Labute approximate surface area is 248 Å². The Balaban J connectivity index is 1.69. The Kier molecular flexibility index (Phi) is 10.5. The molecule has 0 radical (unpaired) electrons. The van der Waals surface area contributed by atoms with E-state index in [4.69, 9.17) is 11.6 Å². The molecule has 0 bridgehead atoms. The van der Waals surface area contributed by atoms with Gasteiger partial charge in [-0.15, -0.1) is 0 Å². The van der Waals surface area contributed by atoms with Gasteiger partial charge in [-0.2, -0.15) is 0 Å². The number of nitrogens with one attached hydrogen (secondary N) is 1. The summed E-state index contributed by atoms with van der Waals surface area (Å²) in [6.07, 6.45) is 5.55. The zero-order valence-electron chi connectivity index (χ0n) is 23.6. The highest BCUT2D eigenvalue weighted by atomic mass is 35.5. The predicted molar refractivity (Wildman–Crippen MR) is 163 cm³/mol. The van der Waals surface area contributed by atoms with Crippen LogP contribution in [0.15, 0.2) is 83.8 Å². The number of sulfonamides is 1. The van der Waals surface area contributed by atoms with Crippen LogP contribution in [-0.2, 0) is 26.2 Å². The van der Waals surface area contributed by atoms with E-state index in [-0.39, 0.29) is 23.4 Å². The number of amides is 2. The average Bonchev–Trinajstić information content (AvgIpc) is 2.97. The summed E-state index contributed by atoms with van der Waals surface area (Å²) in [4.78, 5) is 29.4. The molecule has 41 heavy (non-hydrogen) atoms. The second kappa shape index (κ2) is 14.0. The smallest absolute Gasteiger partial charge is 0.264 e. The second-order valence-corrected chi connectivity index (χ2v) is 12.8. The molecular formula is C32H38ClN3O4S. The minimum atomic E-state index is -4.13. The fraction of sp³-hybridized carbons (Fsp3) is 0.375. The van der Waals surface area contributed by atoms with Crippen LogP contribution < -0.4 is 9.62 Å². The van der Waals surface area contributed by atoms with Gasteiger partial charge in [0.05, 0.1) is 10.6 Å². The third-order valence-electron chi connectivity index (χ3n) is 7.66. The highest BCUT2D eigenvalue weighted by Gasteiger charge is 2.34. The lowest BCUT2D eigenvalue weighted by molar-refractivity contribution is -0.140. The summed E-state index contributed by atoms with van der Waals surface area (Å²) in [7, 11) is -4.13. The van der Waals surface area contributed by atoms with E-state index in [2.05, 4.69) is 5.32 Å². The molecule has 1 aliphatic rings. The maximum Gasteiger partial charge on any atom is 0.264 e. The summed E-state index contributed by atoms with van der Waals surface area (Å²) in [5.41, 5.74) is 2.24. The number of para-hydroxylation sites is 1. The van der Waals surface area contributed by atoms with Crippen LogP contribution in [0, 0.1) is 6.92 Å². The van der Waals surface area contributed by atoms with Crippen LogP contribution in [0.25, 0.3) is 0 Å². The SMILES string of the molecule is CC[C@H](C(=O)NC1CCCCC1)N(Cc1ccccc1C)C(=O)CN(c1ccccc1)S(=O)(=O)c1ccc(Cl)cc1. The first kappa shape index (κ1) is 30.6. The number of hydrogen-bond acceptors (Lipinski definition) is 4. The number of rotatable bonds is 11. The Bertz CT molecular complexity index is 1420. The summed E-state index contributed by atoms with van der Waals surface area (Å²) in [5.74, 6) is -0.659. The molecular weight excluding hydrogens is 558 g/mol. The van der Waals surface area contributed by atoms with Gasteiger partial charge in [0.25, 0.3) is 10.0 Å². The monoisotopic (exact) mass is 595 g/mol. The zero-order valence-corrected chi connectivity index (χ0v) is 25.2. The first-order valence-electron chi connectivity index (χ1n) is 14.2. The lowest BCUT2D eigenvalue weighted by Gasteiger charge is -2.34. The quantitative estimate of drug-likeness (QED) is 0.290. The summed E-state index contributed by atoms with van der Waals surface area (Å²) < 4.78 is 28.9. The average molecular weight is 596 g/mol. The Hall–Kier alpha value is -3.36. The van der Waals surface area contributed by atoms with E-state index < -0.39 is 28.5 Å². The third-order valence-corrected chi connectivity index (χ3v) is 9.70. The van der Waals surface area contributed by atoms with Crippen molar-refractivity contribution < 1.29 is 18.0 Å². The van der Waals surface area contributed by atoms with Gasteiger partial charge in [0, 0.05) is 17.6 Å². The molecule has 3 aromatic rings. The number of benzene rings is 3. The Morgan fingerprint density at radius 2 is 1.56 bits per heavy atom. The molecule has 9 heteroatoms. The minimum Gasteiger partial charge on any atom is -0.352 e. The molecule has 0 spiro atoms. The lowest BCUT2D eigenvalue weighted by atomic mass is 9.95. The highest BCUT2D eigenvalue weighted by Crippen LogP contribution is 2.26. The van der Waals surface area contributed by atoms with Gasteiger partial charge >= 0.3 is 0 Å². The van der Waals surface area contributed by atoms with Crippen LogP contribution in [0.5, 0.6) is 0 Å². The van der Waals surface area contributed by atoms with Crippen molar-refractivity contribution in [1.82, 2.24) is 10.2 Å². The number of anilines is 1. The van der Waals surface area contributed by atoms with E-state index in [9.17, 15) is 18.0 Å². The third kappa shape index (κ3) is 7.68. The van der Waals surface area contributed by atoms with E-state index in [1.54, 1.807) is 30.3 Å². The van der Waals surface area contributed by atoms with E-state index in [0.29, 0.717) is 17.1 Å². The number of nitrogens with zero attached hydrogens (tertiary/aromatic N) is 2. The molecule has 218 valence electrons. The molecule has 1 aliphatic carbocycles. The molecule has 1 fully saturated rings. The van der Waals surface area contributed by atoms with Gasteiger partial charge in [-0.3, -0.25) is 13.9 Å². The largest absolute Gasteiger partial charge is 0.352 e. The normalized spacial score (nSPS) is 14.7. The van der Waals surface area contributed by atoms with Crippen LogP contribution in [0.4, 0.5) is 5.69 Å². The van der Waals surface area contributed by atoms with Gasteiger partial charge in [-0.25, -0.2) is 8.42 Å². The van der Waals surface area contributed by atoms with Crippen molar-refractivity contribution in [3.05, 3.63) is 95.0 Å². The van der Waals surface area contributed by atoms with Gasteiger partial charge in [0.2, 0.25) is 11.8 Å². The van der Waals surface area contributed by atoms with Crippen LogP contribution in [0.1, 0.15) is 56.6 Å².